The summed E-state index contributed by atoms with van der Waals surface area (Å²) in [5, 5.41) is 3.33. The number of anilines is 1. The summed E-state index contributed by atoms with van der Waals surface area (Å²) in [6.07, 6.45) is 6.95. The van der Waals surface area contributed by atoms with Crippen molar-refractivity contribution >= 4 is 11.7 Å². The van der Waals surface area contributed by atoms with Gasteiger partial charge in [-0.05, 0) is 24.3 Å². The number of likely N-dealkylation sites (tertiary alicyclic amines) is 1. The number of nitrogens with one attached hydrogen (secondary N) is 1. The molecule has 4 heterocycles. The number of piperidine rings is 1. The van der Waals surface area contributed by atoms with Gasteiger partial charge in [-0.1, -0.05) is 0 Å². The van der Waals surface area contributed by atoms with E-state index in [1.165, 1.54) is 0 Å². The topological polar surface area (TPSA) is 70.6 Å². The zero-order valence-electron chi connectivity index (χ0n) is 15.4. The zero-order chi connectivity index (χ0) is 18.5. The minimum Gasteiger partial charge on any atom is -0.489 e. The smallest absolute Gasteiger partial charge is 0.255 e. The maximum Gasteiger partial charge on any atom is 0.255 e. The molecule has 0 aromatic carbocycles. The summed E-state index contributed by atoms with van der Waals surface area (Å²) in [7, 11) is 0. The van der Waals surface area contributed by atoms with Crippen LogP contribution in [-0.2, 0) is 0 Å². The Labute approximate surface area is 159 Å². The summed E-state index contributed by atoms with van der Waals surface area (Å²) in [5.74, 6) is 1.78. The summed E-state index contributed by atoms with van der Waals surface area (Å²) in [6, 6.07) is 7.63. The number of hydrogen-bond acceptors (Lipinski definition) is 6. The predicted octanol–water partition coefficient (Wildman–Crippen LogP) is 1.57. The van der Waals surface area contributed by atoms with E-state index in [0.29, 0.717) is 18.7 Å². The van der Waals surface area contributed by atoms with Crippen molar-refractivity contribution in [2.24, 2.45) is 0 Å². The van der Waals surface area contributed by atoms with Gasteiger partial charge in [-0.15, -0.1) is 0 Å². The van der Waals surface area contributed by atoms with Gasteiger partial charge in [0.1, 0.15) is 17.7 Å². The molecular formula is C20H25N5O2. The van der Waals surface area contributed by atoms with Gasteiger partial charge in [0.05, 0.1) is 11.8 Å². The lowest BCUT2D eigenvalue weighted by molar-refractivity contribution is 0.0594. The lowest BCUT2D eigenvalue weighted by Crippen LogP contribution is -2.44. The highest BCUT2D eigenvalue weighted by Crippen LogP contribution is 2.20. The Kier molecular flexibility index (Phi) is 5.48. The van der Waals surface area contributed by atoms with Crippen LogP contribution in [0.4, 0.5) is 5.82 Å². The molecule has 2 fully saturated rings. The Morgan fingerprint density at radius 3 is 2.56 bits per heavy atom. The number of hydrogen-bond donors (Lipinski definition) is 1. The van der Waals surface area contributed by atoms with Gasteiger partial charge in [0.25, 0.3) is 5.91 Å². The van der Waals surface area contributed by atoms with Crippen LogP contribution in [-0.4, -0.2) is 66.1 Å². The van der Waals surface area contributed by atoms with Crippen molar-refractivity contribution in [2.75, 3.05) is 44.2 Å². The van der Waals surface area contributed by atoms with Crippen LogP contribution >= 0.6 is 0 Å². The Morgan fingerprint density at radius 2 is 1.89 bits per heavy atom. The Hall–Kier alpha value is -2.67. The summed E-state index contributed by atoms with van der Waals surface area (Å²) in [5.41, 5.74) is 0.653. The second-order valence-corrected chi connectivity index (χ2v) is 6.94. The monoisotopic (exact) mass is 367 g/mol. The van der Waals surface area contributed by atoms with Gasteiger partial charge in [0.2, 0.25) is 0 Å². The number of amides is 1. The second kappa shape index (κ2) is 8.35. The molecule has 0 aliphatic carbocycles. The molecule has 4 rings (SSSR count). The summed E-state index contributed by atoms with van der Waals surface area (Å²) >= 11 is 0. The quantitative estimate of drug-likeness (QED) is 0.885. The van der Waals surface area contributed by atoms with Crippen molar-refractivity contribution in [3.63, 3.8) is 0 Å². The van der Waals surface area contributed by atoms with Crippen LogP contribution < -0.4 is 15.0 Å². The standard InChI is InChI=1S/C20H25N5O2/c26-20(16-3-4-19(23-14-16)24-12-8-21-9-13-24)25-10-5-17(6-11-25)27-18-2-1-7-22-15-18/h1-4,7,14-15,17,21H,5-6,8-13H2. The van der Waals surface area contributed by atoms with E-state index in [4.69, 9.17) is 4.74 Å². The van der Waals surface area contributed by atoms with Gasteiger partial charge in [0.15, 0.2) is 0 Å². The number of nitrogens with zero attached hydrogens (tertiary/aromatic N) is 4. The molecule has 0 atom stereocenters. The van der Waals surface area contributed by atoms with Crippen LogP contribution in [0.3, 0.4) is 0 Å². The second-order valence-electron chi connectivity index (χ2n) is 6.94. The van der Waals surface area contributed by atoms with E-state index in [9.17, 15) is 4.79 Å². The normalized spacial score (nSPS) is 18.4. The van der Waals surface area contributed by atoms with E-state index in [2.05, 4.69) is 20.2 Å². The Bertz CT molecular complexity index is 739. The molecule has 0 saturated carbocycles. The van der Waals surface area contributed by atoms with E-state index >= 15 is 0 Å². The molecule has 2 aliphatic rings. The van der Waals surface area contributed by atoms with Crippen molar-refractivity contribution < 1.29 is 9.53 Å². The Balaban J connectivity index is 1.31. The highest BCUT2D eigenvalue weighted by atomic mass is 16.5. The van der Waals surface area contributed by atoms with Crippen LogP contribution in [0.1, 0.15) is 23.2 Å². The molecule has 1 amide bonds. The molecule has 0 spiro atoms. The van der Waals surface area contributed by atoms with Crippen LogP contribution in [0, 0.1) is 0 Å². The van der Waals surface area contributed by atoms with E-state index < -0.39 is 0 Å². The van der Waals surface area contributed by atoms with Gasteiger partial charge >= 0.3 is 0 Å². The minimum absolute atomic E-state index is 0.0502. The van der Waals surface area contributed by atoms with Crippen molar-refractivity contribution in [1.29, 1.82) is 0 Å². The third-order valence-electron chi connectivity index (χ3n) is 5.10. The molecule has 0 radical (unpaired) electrons. The van der Waals surface area contributed by atoms with Crippen molar-refractivity contribution in [3.8, 4) is 5.75 Å². The molecule has 7 heteroatoms. The van der Waals surface area contributed by atoms with Crippen molar-refractivity contribution in [3.05, 3.63) is 48.4 Å². The molecule has 2 aromatic rings. The van der Waals surface area contributed by atoms with Crippen LogP contribution in [0.5, 0.6) is 5.75 Å². The number of piperazine rings is 1. The molecular weight excluding hydrogens is 342 g/mol. The van der Waals surface area contributed by atoms with Crippen molar-refractivity contribution in [2.45, 2.75) is 18.9 Å². The third kappa shape index (κ3) is 4.36. The first-order valence-corrected chi connectivity index (χ1v) is 9.57. The van der Waals surface area contributed by atoms with E-state index in [1.807, 2.05) is 29.2 Å². The number of rotatable bonds is 4. The average Bonchev–Trinajstić information content (AvgIpc) is 2.75. The fourth-order valence-electron chi connectivity index (χ4n) is 3.56. The Morgan fingerprint density at radius 1 is 1.07 bits per heavy atom. The lowest BCUT2D eigenvalue weighted by atomic mass is 10.1. The highest BCUT2D eigenvalue weighted by molar-refractivity contribution is 5.94. The first kappa shape index (κ1) is 17.7. The molecule has 142 valence electrons. The lowest BCUT2D eigenvalue weighted by Gasteiger charge is -2.32. The molecule has 1 N–H and O–H groups in total. The zero-order valence-corrected chi connectivity index (χ0v) is 15.4. The molecule has 2 saturated heterocycles. The fraction of sp³-hybridized carbons (Fsp3) is 0.450. The molecule has 2 aromatic heterocycles. The molecule has 2 aliphatic heterocycles. The largest absolute Gasteiger partial charge is 0.489 e. The highest BCUT2D eigenvalue weighted by Gasteiger charge is 2.25. The van der Waals surface area contributed by atoms with Crippen LogP contribution in [0.25, 0.3) is 0 Å². The van der Waals surface area contributed by atoms with E-state index in [1.54, 1.807) is 18.6 Å². The number of ether oxygens (including phenoxy) is 1. The summed E-state index contributed by atoms with van der Waals surface area (Å²) in [6.45, 7) is 5.24. The fourth-order valence-corrected chi connectivity index (χ4v) is 3.56. The van der Waals surface area contributed by atoms with Crippen LogP contribution in [0.2, 0.25) is 0 Å². The van der Waals surface area contributed by atoms with Gasteiger partial charge < -0.3 is 19.9 Å². The minimum atomic E-state index is 0.0502. The SMILES string of the molecule is O=C(c1ccc(N2CCNCC2)nc1)N1CCC(Oc2cccnc2)CC1. The van der Waals surface area contributed by atoms with Gasteiger partial charge in [0, 0.05) is 64.5 Å². The van der Waals surface area contributed by atoms with Gasteiger partial charge in [-0.25, -0.2) is 4.98 Å². The van der Waals surface area contributed by atoms with E-state index in [-0.39, 0.29) is 12.0 Å². The molecule has 0 unspecified atom stereocenters. The number of pyridine rings is 2. The summed E-state index contributed by atoms with van der Waals surface area (Å²) in [4.78, 5) is 25.5. The van der Waals surface area contributed by atoms with E-state index in [0.717, 1.165) is 50.6 Å². The van der Waals surface area contributed by atoms with Crippen molar-refractivity contribution in [1.82, 2.24) is 20.2 Å². The number of carbonyl (C=O) groups is 1. The van der Waals surface area contributed by atoms with Gasteiger partial charge in [-0.2, -0.15) is 0 Å². The maximum absolute atomic E-state index is 12.8. The number of aromatic nitrogens is 2. The molecule has 27 heavy (non-hydrogen) atoms. The molecule has 0 bridgehead atoms. The third-order valence-corrected chi connectivity index (χ3v) is 5.10. The number of carbonyl (C=O) groups excluding carboxylic acids is 1. The average molecular weight is 367 g/mol. The summed E-state index contributed by atoms with van der Waals surface area (Å²) < 4.78 is 5.95. The van der Waals surface area contributed by atoms with Crippen LogP contribution in [0.15, 0.2) is 42.9 Å². The maximum atomic E-state index is 12.8. The van der Waals surface area contributed by atoms with Gasteiger partial charge in [-0.3, -0.25) is 9.78 Å². The predicted molar refractivity (Wildman–Crippen MR) is 103 cm³/mol. The first-order valence-electron chi connectivity index (χ1n) is 9.57. The first-order chi connectivity index (χ1) is 13.3. The molecule has 7 nitrogen and oxygen atoms in total.